The van der Waals surface area contributed by atoms with Crippen molar-refractivity contribution >= 4 is 23.2 Å². The molecule has 1 fully saturated rings. The summed E-state index contributed by atoms with van der Waals surface area (Å²) < 4.78 is 5.16. The van der Waals surface area contributed by atoms with Gasteiger partial charge in [0.15, 0.2) is 5.69 Å². The minimum absolute atomic E-state index is 0.277. The van der Waals surface area contributed by atoms with E-state index in [1.807, 2.05) is 13.0 Å². The van der Waals surface area contributed by atoms with Crippen LogP contribution in [0, 0.1) is 6.92 Å². The molecule has 0 saturated heterocycles. The number of nitrogens with one attached hydrogen (secondary N) is 1. The zero-order valence-electron chi connectivity index (χ0n) is 10.4. The molecule has 0 aliphatic heterocycles. The molecule has 3 rings (SSSR count). The number of hydrogen-bond donors (Lipinski definition) is 1. The molecule has 1 saturated carbocycles. The minimum Gasteiger partial charge on any atom is -0.360 e. The second-order valence-electron chi connectivity index (χ2n) is 4.80. The monoisotopic (exact) mass is 276 g/mol. The molecule has 0 atom stereocenters. The first-order valence-electron chi connectivity index (χ1n) is 6.17. The van der Waals surface area contributed by atoms with Crippen LogP contribution in [-0.2, 0) is 0 Å². The molecule has 1 aliphatic rings. The Morgan fingerprint density at radius 3 is 2.95 bits per heavy atom. The van der Waals surface area contributed by atoms with Gasteiger partial charge in [-0.25, -0.2) is 0 Å². The fourth-order valence-electron chi connectivity index (χ4n) is 1.87. The van der Waals surface area contributed by atoms with E-state index >= 15 is 0 Å². The first-order valence-corrected chi connectivity index (χ1v) is 6.55. The Bertz CT molecular complexity index is 632. The van der Waals surface area contributed by atoms with Gasteiger partial charge in [-0.2, -0.15) is 0 Å². The molecule has 4 nitrogen and oxygen atoms in total. The Morgan fingerprint density at radius 2 is 2.21 bits per heavy atom. The molecule has 1 amide bonds. The molecule has 0 bridgehead atoms. The molecule has 19 heavy (non-hydrogen) atoms. The quantitative estimate of drug-likeness (QED) is 0.928. The third-order valence-electron chi connectivity index (χ3n) is 3.19. The van der Waals surface area contributed by atoms with Crippen LogP contribution in [-0.4, -0.2) is 11.1 Å². The van der Waals surface area contributed by atoms with Crippen LogP contribution < -0.4 is 5.32 Å². The van der Waals surface area contributed by atoms with Crippen LogP contribution in [0.5, 0.6) is 0 Å². The van der Waals surface area contributed by atoms with Crippen LogP contribution in [0.3, 0.4) is 0 Å². The predicted molar refractivity (Wildman–Crippen MR) is 72.6 cm³/mol. The molecule has 5 heteroatoms. The fourth-order valence-corrected chi connectivity index (χ4v) is 2.04. The van der Waals surface area contributed by atoms with Crippen LogP contribution in [0.15, 0.2) is 28.8 Å². The van der Waals surface area contributed by atoms with Gasteiger partial charge in [0.05, 0.1) is 0 Å². The zero-order chi connectivity index (χ0) is 13.4. The average molecular weight is 277 g/mol. The van der Waals surface area contributed by atoms with Gasteiger partial charge in [-0.1, -0.05) is 22.8 Å². The normalized spacial score (nSPS) is 14.4. The van der Waals surface area contributed by atoms with E-state index < -0.39 is 0 Å². The lowest BCUT2D eigenvalue weighted by atomic mass is 10.2. The molecule has 2 aromatic rings. The lowest BCUT2D eigenvalue weighted by Gasteiger charge is -2.06. The number of carbonyl (C=O) groups excluding carboxylic acids is 1. The van der Waals surface area contributed by atoms with E-state index in [9.17, 15) is 4.79 Å². The minimum atomic E-state index is -0.277. The van der Waals surface area contributed by atoms with Crippen molar-refractivity contribution in [2.45, 2.75) is 25.7 Å². The number of anilines is 1. The number of rotatable bonds is 3. The topological polar surface area (TPSA) is 55.1 Å². The fraction of sp³-hybridized carbons (Fsp3) is 0.286. The van der Waals surface area contributed by atoms with Crippen LogP contribution in [0.2, 0.25) is 5.02 Å². The van der Waals surface area contributed by atoms with E-state index in [4.69, 9.17) is 16.1 Å². The van der Waals surface area contributed by atoms with Crippen molar-refractivity contribution in [3.63, 3.8) is 0 Å². The van der Waals surface area contributed by atoms with Crippen molar-refractivity contribution in [1.82, 2.24) is 5.16 Å². The second-order valence-corrected chi connectivity index (χ2v) is 5.24. The maximum atomic E-state index is 12.1. The third-order valence-corrected chi connectivity index (χ3v) is 3.42. The van der Waals surface area contributed by atoms with Crippen molar-refractivity contribution in [3.05, 3.63) is 46.3 Å². The average Bonchev–Trinajstić information content (AvgIpc) is 3.11. The van der Waals surface area contributed by atoms with Crippen LogP contribution in [0.4, 0.5) is 5.69 Å². The van der Waals surface area contributed by atoms with E-state index in [-0.39, 0.29) is 5.91 Å². The summed E-state index contributed by atoms with van der Waals surface area (Å²) in [5.41, 5.74) is 1.94. The largest absolute Gasteiger partial charge is 0.360 e. The highest BCUT2D eigenvalue weighted by Crippen LogP contribution is 2.40. The van der Waals surface area contributed by atoms with Crippen molar-refractivity contribution in [2.75, 3.05) is 5.32 Å². The molecule has 1 aromatic carbocycles. The number of aryl methyl sites for hydroxylation is 1. The van der Waals surface area contributed by atoms with Gasteiger partial charge in [-0.15, -0.1) is 0 Å². The summed E-state index contributed by atoms with van der Waals surface area (Å²) in [6.45, 7) is 1.91. The molecule has 0 radical (unpaired) electrons. The SMILES string of the molecule is Cc1ccc(Cl)cc1NC(=O)c1cc(C2CC2)on1. The Labute approximate surface area is 115 Å². The number of carbonyl (C=O) groups is 1. The number of hydrogen-bond acceptors (Lipinski definition) is 3. The molecule has 1 heterocycles. The maximum Gasteiger partial charge on any atom is 0.277 e. The van der Waals surface area contributed by atoms with E-state index in [0.29, 0.717) is 22.3 Å². The van der Waals surface area contributed by atoms with E-state index in [2.05, 4.69) is 10.5 Å². The lowest BCUT2D eigenvalue weighted by Crippen LogP contribution is -2.13. The maximum absolute atomic E-state index is 12.1. The summed E-state index contributed by atoms with van der Waals surface area (Å²) in [4.78, 5) is 12.1. The molecule has 0 unspecified atom stereocenters. The number of amides is 1. The zero-order valence-corrected chi connectivity index (χ0v) is 11.2. The Balaban J connectivity index is 1.77. The highest BCUT2D eigenvalue weighted by Gasteiger charge is 2.28. The van der Waals surface area contributed by atoms with Crippen LogP contribution in [0.25, 0.3) is 0 Å². The van der Waals surface area contributed by atoms with Crippen LogP contribution >= 0.6 is 11.6 Å². The van der Waals surface area contributed by atoms with E-state index in [1.54, 1.807) is 18.2 Å². The summed E-state index contributed by atoms with van der Waals surface area (Å²) in [5.74, 6) is 0.968. The number of aromatic nitrogens is 1. The second kappa shape index (κ2) is 4.70. The Morgan fingerprint density at radius 1 is 1.42 bits per heavy atom. The molecular weight excluding hydrogens is 264 g/mol. The smallest absolute Gasteiger partial charge is 0.277 e. The highest BCUT2D eigenvalue weighted by atomic mass is 35.5. The molecule has 1 aliphatic carbocycles. The number of nitrogens with zero attached hydrogens (tertiary/aromatic N) is 1. The summed E-state index contributed by atoms with van der Waals surface area (Å²) >= 11 is 5.91. The summed E-state index contributed by atoms with van der Waals surface area (Å²) in [6.07, 6.45) is 2.23. The first kappa shape index (κ1) is 12.2. The third kappa shape index (κ3) is 2.63. The van der Waals surface area contributed by atoms with E-state index in [1.165, 1.54) is 0 Å². The summed E-state index contributed by atoms with van der Waals surface area (Å²) in [7, 11) is 0. The van der Waals surface area contributed by atoms with Crippen molar-refractivity contribution in [3.8, 4) is 0 Å². The lowest BCUT2D eigenvalue weighted by molar-refractivity contribution is 0.101. The van der Waals surface area contributed by atoms with Gasteiger partial charge in [0.25, 0.3) is 5.91 Å². The van der Waals surface area contributed by atoms with Crippen molar-refractivity contribution in [2.24, 2.45) is 0 Å². The molecule has 0 spiro atoms. The van der Waals surface area contributed by atoms with Gasteiger partial charge in [0.1, 0.15) is 5.76 Å². The van der Waals surface area contributed by atoms with E-state index in [0.717, 1.165) is 24.2 Å². The number of benzene rings is 1. The molecule has 1 aromatic heterocycles. The van der Waals surface area contributed by atoms with Crippen molar-refractivity contribution < 1.29 is 9.32 Å². The van der Waals surface area contributed by atoms with Gasteiger partial charge in [-0.3, -0.25) is 4.79 Å². The van der Waals surface area contributed by atoms with Gasteiger partial charge in [-0.05, 0) is 37.5 Å². The predicted octanol–water partition coefficient (Wildman–Crippen LogP) is 3.77. The summed E-state index contributed by atoms with van der Waals surface area (Å²) in [6, 6.07) is 7.08. The molecule has 98 valence electrons. The van der Waals surface area contributed by atoms with Gasteiger partial charge < -0.3 is 9.84 Å². The van der Waals surface area contributed by atoms with Gasteiger partial charge in [0, 0.05) is 22.7 Å². The molecular formula is C14H13ClN2O2. The Kier molecular flexibility index (Phi) is 3.03. The number of halogens is 1. The van der Waals surface area contributed by atoms with Gasteiger partial charge >= 0.3 is 0 Å². The Hall–Kier alpha value is -1.81. The van der Waals surface area contributed by atoms with Gasteiger partial charge in [0.2, 0.25) is 0 Å². The summed E-state index contributed by atoms with van der Waals surface area (Å²) in [5, 5.41) is 7.18. The standard InChI is InChI=1S/C14H13ClN2O2/c1-8-2-5-10(15)6-11(8)16-14(18)12-7-13(19-17-12)9-3-4-9/h2,5-7,9H,3-4H2,1H3,(H,16,18). The highest BCUT2D eigenvalue weighted by molar-refractivity contribution is 6.31. The van der Waals surface area contributed by atoms with Crippen molar-refractivity contribution in [1.29, 1.82) is 0 Å². The van der Waals surface area contributed by atoms with Crippen LogP contribution in [0.1, 0.15) is 40.6 Å². The molecule has 1 N–H and O–H groups in total. The first-order chi connectivity index (χ1) is 9.13.